The van der Waals surface area contributed by atoms with Crippen LogP contribution in [0.4, 0.5) is 24.8 Å². The second-order valence-electron chi connectivity index (χ2n) is 6.47. The Morgan fingerprint density at radius 3 is 2.34 bits per heavy atom. The first-order valence-corrected chi connectivity index (χ1v) is 11.2. The van der Waals surface area contributed by atoms with Crippen molar-refractivity contribution in [3.8, 4) is 0 Å². The van der Waals surface area contributed by atoms with Gasteiger partial charge in [-0.15, -0.1) is 0 Å². The van der Waals surface area contributed by atoms with Gasteiger partial charge in [0.1, 0.15) is 0 Å². The maximum Gasteiger partial charge on any atom is 0.436 e. The fourth-order valence-electron chi connectivity index (χ4n) is 2.60. The third-order valence-electron chi connectivity index (χ3n) is 4.19. The highest BCUT2D eigenvalue weighted by atomic mass is 79.9. The van der Waals surface area contributed by atoms with Gasteiger partial charge in [-0.2, -0.15) is 18.3 Å². The molecule has 0 aliphatic rings. The van der Waals surface area contributed by atoms with Crippen molar-refractivity contribution >= 4 is 43.5 Å². The number of aromatic nitrogens is 4. The van der Waals surface area contributed by atoms with Crippen LogP contribution >= 0.6 is 15.9 Å². The second kappa shape index (κ2) is 9.24. The summed E-state index contributed by atoms with van der Waals surface area (Å²) in [5, 5.41) is 6.07. The van der Waals surface area contributed by atoms with Crippen LogP contribution in [0.1, 0.15) is 17.8 Å². The molecule has 14 heteroatoms. The smallest absolute Gasteiger partial charge is 0.326 e. The van der Waals surface area contributed by atoms with Crippen molar-refractivity contribution in [2.24, 2.45) is 0 Å². The number of alkyl halides is 3. The molecule has 1 aromatic carbocycles. The minimum Gasteiger partial charge on any atom is -0.326 e. The summed E-state index contributed by atoms with van der Waals surface area (Å²) in [6.45, 7) is 1.39. The van der Waals surface area contributed by atoms with E-state index in [1.807, 2.05) is 0 Å². The van der Waals surface area contributed by atoms with Crippen molar-refractivity contribution in [3.63, 3.8) is 0 Å². The Morgan fingerprint density at radius 1 is 1.16 bits per heavy atom. The van der Waals surface area contributed by atoms with E-state index in [9.17, 15) is 26.4 Å². The van der Waals surface area contributed by atoms with Gasteiger partial charge in [-0.1, -0.05) is 0 Å². The summed E-state index contributed by atoms with van der Waals surface area (Å²) in [5.74, 6) is -0.560. The number of carbonyl (C=O) groups is 1. The fourth-order valence-corrected chi connectivity index (χ4v) is 4.07. The molecule has 0 bridgehead atoms. The molecule has 0 aliphatic carbocycles. The molecule has 32 heavy (non-hydrogen) atoms. The lowest BCUT2D eigenvalue weighted by Gasteiger charge is -2.09. The molecule has 2 aromatic heterocycles. The van der Waals surface area contributed by atoms with Crippen LogP contribution in [0.3, 0.4) is 0 Å². The number of benzene rings is 1. The highest BCUT2D eigenvalue weighted by Gasteiger charge is 2.37. The van der Waals surface area contributed by atoms with Crippen LogP contribution in [0.5, 0.6) is 0 Å². The van der Waals surface area contributed by atoms with Crippen LogP contribution in [0.15, 0.2) is 52.1 Å². The molecule has 0 unspecified atom stereocenters. The number of nitrogens with zero attached hydrogens (tertiary/aromatic N) is 4. The molecule has 2 heterocycles. The minimum absolute atomic E-state index is 0.0696. The van der Waals surface area contributed by atoms with Crippen molar-refractivity contribution < 1.29 is 26.4 Å². The molecule has 170 valence electrons. The van der Waals surface area contributed by atoms with Crippen LogP contribution in [0.25, 0.3) is 0 Å². The van der Waals surface area contributed by atoms with Gasteiger partial charge in [-0.05, 0) is 53.2 Å². The van der Waals surface area contributed by atoms with E-state index in [0.29, 0.717) is 5.69 Å². The SMILES string of the molecule is Cc1c(Br)c(C(F)(F)F)nn1CCC(=O)Nc1ccc(S(=O)(=O)Nc2ncccn2)cc1. The predicted molar refractivity (Wildman–Crippen MR) is 112 cm³/mol. The molecule has 9 nitrogen and oxygen atoms in total. The third kappa shape index (κ3) is 5.62. The van der Waals surface area contributed by atoms with E-state index in [1.165, 1.54) is 49.6 Å². The van der Waals surface area contributed by atoms with Crippen LogP contribution in [0.2, 0.25) is 0 Å². The first-order valence-electron chi connectivity index (χ1n) is 8.97. The molecule has 1 amide bonds. The Kier molecular flexibility index (Phi) is 6.83. The summed E-state index contributed by atoms with van der Waals surface area (Å²) in [6, 6.07) is 6.87. The maximum absolute atomic E-state index is 12.9. The molecule has 0 saturated carbocycles. The van der Waals surface area contributed by atoms with Crippen LogP contribution in [-0.2, 0) is 27.5 Å². The van der Waals surface area contributed by atoms with Crippen LogP contribution in [0, 0.1) is 6.92 Å². The lowest BCUT2D eigenvalue weighted by atomic mass is 10.3. The zero-order valence-electron chi connectivity index (χ0n) is 16.4. The van der Waals surface area contributed by atoms with Gasteiger partial charge < -0.3 is 5.32 Å². The second-order valence-corrected chi connectivity index (χ2v) is 8.94. The molecule has 0 radical (unpaired) electrons. The molecule has 3 aromatic rings. The zero-order chi connectivity index (χ0) is 23.5. The van der Waals surface area contributed by atoms with Gasteiger partial charge in [0.05, 0.1) is 21.6 Å². The molecular formula is C18H16BrF3N6O3S. The number of anilines is 2. The first-order chi connectivity index (χ1) is 15.0. The monoisotopic (exact) mass is 532 g/mol. The molecule has 0 aliphatic heterocycles. The fraction of sp³-hybridized carbons (Fsp3) is 0.222. The van der Waals surface area contributed by atoms with Crippen molar-refractivity contribution in [3.05, 3.63) is 58.6 Å². The number of amides is 1. The van der Waals surface area contributed by atoms with E-state index < -0.39 is 27.8 Å². The van der Waals surface area contributed by atoms with Gasteiger partial charge in [-0.25, -0.2) is 23.1 Å². The third-order valence-corrected chi connectivity index (χ3v) is 6.49. The summed E-state index contributed by atoms with van der Waals surface area (Å²) in [5.41, 5.74) is -0.490. The number of nitrogens with one attached hydrogen (secondary N) is 2. The van der Waals surface area contributed by atoms with E-state index in [0.717, 1.165) is 4.68 Å². The average molecular weight is 533 g/mol. The zero-order valence-corrected chi connectivity index (χ0v) is 18.8. The summed E-state index contributed by atoms with van der Waals surface area (Å²) >= 11 is 2.88. The molecule has 0 saturated heterocycles. The van der Waals surface area contributed by atoms with Crippen LogP contribution in [-0.4, -0.2) is 34.1 Å². The highest BCUT2D eigenvalue weighted by molar-refractivity contribution is 9.10. The number of rotatable bonds is 7. The lowest BCUT2D eigenvalue weighted by molar-refractivity contribution is -0.142. The maximum atomic E-state index is 12.9. The topological polar surface area (TPSA) is 119 Å². The van der Waals surface area contributed by atoms with Gasteiger partial charge in [0.2, 0.25) is 11.9 Å². The van der Waals surface area contributed by atoms with Gasteiger partial charge in [0, 0.05) is 24.5 Å². The summed E-state index contributed by atoms with van der Waals surface area (Å²) in [7, 11) is -3.92. The Balaban J connectivity index is 1.61. The van der Waals surface area contributed by atoms with Crippen molar-refractivity contribution in [2.75, 3.05) is 10.0 Å². The summed E-state index contributed by atoms with van der Waals surface area (Å²) in [6.07, 6.45) is -1.98. The normalized spacial score (nSPS) is 11.9. The first kappa shape index (κ1) is 23.7. The van der Waals surface area contributed by atoms with E-state index in [-0.39, 0.29) is 34.0 Å². The molecule has 0 atom stereocenters. The summed E-state index contributed by atoms with van der Waals surface area (Å²) < 4.78 is 66.6. The predicted octanol–water partition coefficient (Wildman–Crippen LogP) is 3.59. The molecule has 0 fully saturated rings. The summed E-state index contributed by atoms with van der Waals surface area (Å²) in [4.78, 5) is 19.7. The number of hydrogen-bond donors (Lipinski definition) is 2. The highest BCUT2D eigenvalue weighted by Crippen LogP contribution is 2.35. The molecule has 2 N–H and O–H groups in total. The van der Waals surface area contributed by atoms with Gasteiger partial charge in [0.25, 0.3) is 10.0 Å². The standard InChI is InChI=1S/C18H16BrF3N6O3S/c1-11-15(19)16(18(20,21)22)26-28(11)10-7-14(29)25-12-3-5-13(6-4-12)32(30,31)27-17-23-8-2-9-24-17/h2-6,8-9H,7,10H2,1H3,(H,25,29)(H,23,24,27). The van der Waals surface area contributed by atoms with E-state index in [1.54, 1.807) is 0 Å². The lowest BCUT2D eigenvalue weighted by Crippen LogP contribution is -2.17. The Hall–Kier alpha value is -3.00. The van der Waals surface area contributed by atoms with E-state index >= 15 is 0 Å². The van der Waals surface area contributed by atoms with Gasteiger partial charge >= 0.3 is 6.18 Å². The van der Waals surface area contributed by atoms with Gasteiger partial charge in [0.15, 0.2) is 5.69 Å². The van der Waals surface area contributed by atoms with Crippen molar-refractivity contribution in [1.82, 2.24) is 19.7 Å². The largest absolute Gasteiger partial charge is 0.436 e. The average Bonchev–Trinajstić information content (AvgIpc) is 3.02. The van der Waals surface area contributed by atoms with Crippen molar-refractivity contribution in [2.45, 2.75) is 31.0 Å². The Bertz CT molecular complexity index is 1220. The molecule has 0 spiro atoms. The number of hydrogen-bond acceptors (Lipinski definition) is 6. The Labute approximate surface area is 189 Å². The van der Waals surface area contributed by atoms with Crippen molar-refractivity contribution in [1.29, 1.82) is 0 Å². The molecule has 3 rings (SSSR count). The van der Waals surface area contributed by atoms with E-state index in [2.05, 4.69) is 41.0 Å². The number of carbonyl (C=O) groups excluding carboxylic acids is 1. The van der Waals surface area contributed by atoms with E-state index in [4.69, 9.17) is 0 Å². The van der Waals surface area contributed by atoms with Gasteiger partial charge in [-0.3, -0.25) is 9.48 Å². The Morgan fingerprint density at radius 2 is 1.78 bits per heavy atom. The minimum atomic E-state index is -4.61. The number of aryl methyl sites for hydroxylation is 1. The van der Waals surface area contributed by atoms with Crippen LogP contribution < -0.4 is 10.0 Å². The quantitative estimate of drug-likeness (QED) is 0.479. The number of sulfonamides is 1. The number of halogens is 4. The molecular weight excluding hydrogens is 517 g/mol.